The number of halogens is 1. The minimum Gasteiger partial charge on any atom is -0.495 e. The van der Waals surface area contributed by atoms with Gasteiger partial charge in [0.05, 0.1) is 18.3 Å². The van der Waals surface area contributed by atoms with Crippen molar-refractivity contribution in [3.8, 4) is 5.75 Å². The number of ether oxygens (including phenoxy) is 1. The molecular formula is C12H14FNO. The molecule has 0 saturated heterocycles. The van der Waals surface area contributed by atoms with Crippen molar-refractivity contribution in [3.63, 3.8) is 0 Å². The number of rotatable bonds is 2. The summed E-state index contributed by atoms with van der Waals surface area (Å²) in [5.74, 6) is 0.652. The van der Waals surface area contributed by atoms with Crippen molar-refractivity contribution in [2.24, 2.45) is 0 Å². The molecule has 80 valence electrons. The first-order chi connectivity index (χ1) is 7.15. The highest BCUT2D eigenvalue weighted by Crippen LogP contribution is 2.31. The highest BCUT2D eigenvalue weighted by molar-refractivity contribution is 5.86. The number of aromatic nitrogens is 1. The summed E-state index contributed by atoms with van der Waals surface area (Å²) in [6, 6.07) is 5.38. The van der Waals surface area contributed by atoms with E-state index in [9.17, 15) is 4.39 Å². The summed E-state index contributed by atoms with van der Waals surface area (Å²) >= 11 is 0. The number of H-pyrrole nitrogens is 1. The van der Waals surface area contributed by atoms with Crippen LogP contribution in [0.2, 0.25) is 0 Å². The monoisotopic (exact) mass is 207 g/mol. The molecule has 0 unspecified atom stereocenters. The van der Waals surface area contributed by atoms with Crippen LogP contribution in [-0.4, -0.2) is 12.1 Å². The minimum absolute atomic E-state index is 0.141. The summed E-state index contributed by atoms with van der Waals surface area (Å²) in [6.07, 6.45) is 0. The molecule has 0 saturated carbocycles. The van der Waals surface area contributed by atoms with Crippen molar-refractivity contribution in [2.75, 3.05) is 7.11 Å². The van der Waals surface area contributed by atoms with Crippen molar-refractivity contribution >= 4 is 10.9 Å². The van der Waals surface area contributed by atoms with Crippen LogP contribution in [-0.2, 0) is 0 Å². The van der Waals surface area contributed by atoms with Crippen LogP contribution in [0.4, 0.5) is 4.39 Å². The predicted octanol–water partition coefficient (Wildman–Crippen LogP) is 3.44. The molecule has 0 aliphatic rings. The lowest BCUT2D eigenvalue weighted by molar-refractivity contribution is 0.419. The van der Waals surface area contributed by atoms with Gasteiger partial charge in [-0.25, -0.2) is 4.39 Å². The molecule has 0 aliphatic carbocycles. The highest BCUT2D eigenvalue weighted by atomic mass is 19.1. The fourth-order valence-electron chi connectivity index (χ4n) is 1.75. The van der Waals surface area contributed by atoms with Crippen LogP contribution < -0.4 is 4.74 Å². The van der Waals surface area contributed by atoms with Gasteiger partial charge in [0.1, 0.15) is 5.75 Å². The lowest BCUT2D eigenvalue weighted by Crippen LogP contribution is -1.90. The second kappa shape index (κ2) is 3.57. The quantitative estimate of drug-likeness (QED) is 0.801. The van der Waals surface area contributed by atoms with Crippen molar-refractivity contribution in [1.82, 2.24) is 4.98 Å². The van der Waals surface area contributed by atoms with Gasteiger partial charge in [-0.1, -0.05) is 19.9 Å². The molecule has 0 aliphatic heterocycles. The Morgan fingerprint density at radius 3 is 2.67 bits per heavy atom. The molecule has 0 atom stereocenters. The van der Waals surface area contributed by atoms with E-state index in [1.54, 1.807) is 19.2 Å². The van der Waals surface area contributed by atoms with E-state index in [-0.39, 0.29) is 11.7 Å². The zero-order valence-electron chi connectivity index (χ0n) is 9.10. The van der Waals surface area contributed by atoms with Gasteiger partial charge in [0, 0.05) is 5.39 Å². The van der Waals surface area contributed by atoms with Crippen molar-refractivity contribution in [1.29, 1.82) is 0 Å². The van der Waals surface area contributed by atoms with Gasteiger partial charge in [-0.3, -0.25) is 0 Å². The summed E-state index contributed by atoms with van der Waals surface area (Å²) in [7, 11) is 1.59. The lowest BCUT2D eigenvalue weighted by atomic mass is 10.1. The Hall–Kier alpha value is -1.51. The van der Waals surface area contributed by atoms with Gasteiger partial charge >= 0.3 is 0 Å². The van der Waals surface area contributed by atoms with E-state index in [1.165, 1.54) is 0 Å². The van der Waals surface area contributed by atoms with E-state index in [1.807, 2.05) is 19.9 Å². The standard InChI is InChI=1S/C12H14FNO/c1-7(2)11-10(13)8-5-4-6-9(15-3)12(8)14-11/h4-7,14H,1-3H3. The zero-order valence-corrected chi connectivity index (χ0v) is 9.10. The van der Waals surface area contributed by atoms with E-state index < -0.39 is 0 Å². The Bertz CT molecular complexity index is 488. The van der Waals surface area contributed by atoms with Crippen LogP contribution >= 0.6 is 0 Å². The van der Waals surface area contributed by atoms with Crippen LogP contribution in [0.1, 0.15) is 25.5 Å². The summed E-state index contributed by atoms with van der Waals surface area (Å²) < 4.78 is 19.1. The van der Waals surface area contributed by atoms with Crippen LogP contribution in [0, 0.1) is 5.82 Å². The molecule has 0 spiro atoms. The maximum atomic E-state index is 13.9. The molecule has 0 amide bonds. The third-order valence-electron chi connectivity index (χ3n) is 2.56. The predicted molar refractivity (Wildman–Crippen MR) is 58.9 cm³/mol. The molecule has 1 aromatic heterocycles. The Kier molecular flexibility index (Phi) is 2.39. The van der Waals surface area contributed by atoms with Gasteiger partial charge in [-0.15, -0.1) is 0 Å². The average molecular weight is 207 g/mol. The van der Waals surface area contributed by atoms with Gasteiger partial charge < -0.3 is 9.72 Å². The summed E-state index contributed by atoms with van der Waals surface area (Å²) in [4.78, 5) is 3.08. The fraction of sp³-hybridized carbons (Fsp3) is 0.333. The van der Waals surface area contributed by atoms with Gasteiger partial charge in [0.15, 0.2) is 5.82 Å². The Labute approximate surface area is 88.1 Å². The molecule has 2 nitrogen and oxygen atoms in total. The van der Waals surface area contributed by atoms with E-state index in [0.29, 0.717) is 16.8 Å². The van der Waals surface area contributed by atoms with Crippen molar-refractivity contribution in [2.45, 2.75) is 19.8 Å². The number of benzene rings is 1. The normalized spacial score (nSPS) is 11.3. The zero-order chi connectivity index (χ0) is 11.0. The lowest BCUT2D eigenvalue weighted by Gasteiger charge is -2.00. The summed E-state index contributed by atoms with van der Waals surface area (Å²) in [5, 5.41) is 0.595. The molecule has 0 fully saturated rings. The van der Waals surface area contributed by atoms with Crippen molar-refractivity contribution < 1.29 is 9.13 Å². The first-order valence-corrected chi connectivity index (χ1v) is 4.99. The van der Waals surface area contributed by atoms with E-state index in [0.717, 1.165) is 5.52 Å². The van der Waals surface area contributed by atoms with Gasteiger partial charge in [0.2, 0.25) is 0 Å². The highest BCUT2D eigenvalue weighted by Gasteiger charge is 2.15. The molecule has 0 bridgehead atoms. The number of aromatic amines is 1. The smallest absolute Gasteiger partial charge is 0.152 e. The molecule has 2 rings (SSSR count). The molecule has 1 heterocycles. The van der Waals surface area contributed by atoms with Gasteiger partial charge in [-0.05, 0) is 18.1 Å². The van der Waals surface area contributed by atoms with E-state index >= 15 is 0 Å². The van der Waals surface area contributed by atoms with Crippen molar-refractivity contribution in [3.05, 3.63) is 29.7 Å². The largest absolute Gasteiger partial charge is 0.495 e. The topological polar surface area (TPSA) is 25.0 Å². The van der Waals surface area contributed by atoms with E-state index in [2.05, 4.69) is 4.98 Å². The number of nitrogens with one attached hydrogen (secondary N) is 1. The average Bonchev–Trinajstić information content (AvgIpc) is 2.56. The maximum absolute atomic E-state index is 13.9. The third kappa shape index (κ3) is 1.48. The first-order valence-electron chi connectivity index (χ1n) is 4.99. The van der Waals surface area contributed by atoms with Crippen LogP contribution in [0.15, 0.2) is 18.2 Å². The Morgan fingerprint density at radius 2 is 2.07 bits per heavy atom. The van der Waals surface area contributed by atoms with Gasteiger partial charge in [0.25, 0.3) is 0 Å². The molecule has 0 radical (unpaired) electrons. The Balaban J connectivity index is 2.75. The molecule has 15 heavy (non-hydrogen) atoms. The SMILES string of the molecule is COc1cccc2c(F)c(C(C)C)[nH]c12. The maximum Gasteiger partial charge on any atom is 0.152 e. The summed E-state index contributed by atoms with van der Waals surface area (Å²) in [6.45, 7) is 3.92. The second-order valence-corrected chi connectivity index (χ2v) is 3.89. The Morgan fingerprint density at radius 1 is 1.33 bits per heavy atom. The molecule has 3 heteroatoms. The number of hydrogen-bond acceptors (Lipinski definition) is 1. The summed E-state index contributed by atoms with van der Waals surface area (Å²) in [5.41, 5.74) is 1.37. The van der Waals surface area contributed by atoms with Crippen LogP contribution in [0.3, 0.4) is 0 Å². The number of methoxy groups -OCH3 is 1. The number of para-hydroxylation sites is 1. The van der Waals surface area contributed by atoms with Gasteiger partial charge in [-0.2, -0.15) is 0 Å². The first kappa shape index (κ1) is 10.0. The molecule has 1 N–H and O–H groups in total. The number of hydrogen-bond donors (Lipinski definition) is 1. The number of fused-ring (bicyclic) bond motifs is 1. The fourth-order valence-corrected chi connectivity index (χ4v) is 1.75. The van der Waals surface area contributed by atoms with Crippen LogP contribution in [0.25, 0.3) is 10.9 Å². The second-order valence-electron chi connectivity index (χ2n) is 3.89. The third-order valence-corrected chi connectivity index (χ3v) is 2.56. The van der Waals surface area contributed by atoms with Crippen LogP contribution in [0.5, 0.6) is 5.75 Å². The molecular weight excluding hydrogens is 193 g/mol. The van der Waals surface area contributed by atoms with E-state index in [4.69, 9.17) is 4.74 Å². The molecule has 2 aromatic rings. The minimum atomic E-state index is -0.168. The molecule has 1 aromatic carbocycles.